The summed E-state index contributed by atoms with van der Waals surface area (Å²) in [4.78, 5) is 40.3. The SMILES string of the molecule is O=C(CN1C(=O)N[C@]2(CCCc3sccc32)C1=O)c1ccc(Cl)cc1Cl. The van der Waals surface area contributed by atoms with Crippen LogP contribution in [-0.4, -0.2) is 29.2 Å². The number of benzene rings is 1. The molecule has 134 valence electrons. The van der Waals surface area contributed by atoms with E-state index in [1.165, 1.54) is 12.1 Å². The van der Waals surface area contributed by atoms with Crippen LogP contribution in [0.25, 0.3) is 0 Å². The number of amides is 3. The first kappa shape index (κ1) is 17.5. The fourth-order valence-electron chi connectivity index (χ4n) is 3.63. The van der Waals surface area contributed by atoms with Gasteiger partial charge in [-0.3, -0.25) is 14.5 Å². The maximum atomic E-state index is 13.1. The van der Waals surface area contributed by atoms with Crippen molar-refractivity contribution in [3.63, 3.8) is 0 Å². The zero-order chi connectivity index (χ0) is 18.5. The number of aryl methyl sites for hydroxylation is 1. The molecule has 26 heavy (non-hydrogen) atoms. The Hall–Kier alpha value is -1.89. The highest BCUT2D eigenvalue weighted by atomic mass is 35.5. The van der Waals surface area contributed by atoms with Gasteiger partial charge in [-0.2, -0.15) is 0 Å². The second kappa shape index (κ2) is 6.37. The van der Waals surface area contributed by atoms with Gasteiger partial charge in [-0.25, -0.2) is 4.79 Å². The molecule has 2 aromatic rings. The lowest BCUT2D eigenvalue weighted by molar-refractivity contribution is -0.131. The molecule has 1 atom stereocenters. The second-order valence-corrected chi connectivity index (χ2v) is 8.23. The number of rotatable bonds is 3. The quantitative estimate of drug-likeness (QED) is 0.615. The Morgan fingerprint density at radius 1 is 1.27 bits per heavy atom. The van der Waals surface area contributed by atoms with Gasteiger partial charge >= 0.3 is 6.03 Å². The number of urea groups is 1. The molecular weight excluding hydrogens is 395 g/mol. The molecule has 0 bridgehead atoms. The second-order valence-electron chi connectivity index (χ2n) is 6.39. The summed E-state index contributed by atoms with van der Waals surface area (Å²) in [6.45, 7) is -0.354. The van der Waals surface area contributed by atoms with E-state index >= 15 is 0 Å². The third-order valence-electron chi connectivity index (χ3n) is 4.87. The molecule has 2 heterocycles. The van der Waals surface area contributed by atoms with E-state index in [4.69, 9.17) is 23.2 Å². The molecule has 4 rings (SSSR count). The predicted molar refractivity (Wildman–Crippen MR) is 100.0 cm³/mol. The molecule has 1 aliphatic heterocycles. The molecule has 0 unspecified atom stereocenters. The number of fused-ring (bicyclic) bond motifs is 2. The van der Waals surface area contributed by atoms with Gasteiger partial charge in [0.25, 0.3) is 5.91 Å². The molecule has 8 heteroatoms. The van der Waals surface area contributed by atoms with E-state index in [0.717, 1.165) is 28.2 Å². The van der Waals surface area contributed by atoms with Gasteiger partial charge in [0, 0.05) is 21.0 Å². The minimum absolute atomic E-state index is 0.196. The van der Waals surface area contributed by atoms with Crippen LogP contribution in [0.15, 0.2) is 29.6 Å². The summed E-state index contributed by atoms with van der Waals surface area (Å²) in [6.07, 6.45) is 2.25. The van der Waals surface area contributed by atoms with Crippen molar-refractivity contribution < 1.29 is 14.4 Å². The summed E-state index contributed by atoms with van der Waals surface area (Å²) in [5.41, 5.74) is 0.0402. The van der Waals surface area contributed by atoms with Crippen molar-refractivity contribution in [1.29, 1.82) is 0 Å². The van der Waals surface area contributed by atoms with Crippen LogP contribution in [0.3, 0.4) is 0 Å². The average Bonchev–Trinajstić information content (AvgIpc) is 3.16. The first-order valence-corrected chi connectivity index (χ1v) is 9.75. The standard InChI is InChI=1S/C18H14Cl2N2O3S/c19-10-3-4-11(13(20)8-10)14(23)9-22-16(24)18(21-17(22)25)6-1-2-15-12(18)5-7-26-15/h3-5,7-8H,1-2,6,9H2,(H,21,25)/t18-/m0/s1. The molecule has 1 aliphatic carbocycles. The van der Waals surface area contributed by atoms with Crippen LogP contribution < -0.4 is 5.32 Å². The van der Waals surface area contributed by atoms with E-state index in [9.17, 15) is 14.4 Å². The Morgan fingerprint density at radius 2 is 2.08 bits per heavy atom. The Labute approximate surface area is 163 Å². The van der Waals surface area contributed by atoms with Crippen LogP contribution >= 0.6 is 34.5 Å². The Morgan fingerprint density at radius 3 is 2.85 bits per heavy atom. The number of imide groups is 1. The highest BCUT2D eigenvalue weighted by Gasteiger charge is 2.54. The smallest absolute Gasteiger partial charge is 0.319 e. The zero-order valence-electron chi connectivity index (χ0n) is 13.6. The monoisotopic (exact) mass is 408 g/mol. The van der Waals surface area contributed by atoms with Gasteiger partial charge in [-0.1, -0.05) is 23.2 Å². The summed E-state index contributed by atoms with van der Waals surface area (Å²) in [6, 6.07) is 5.85. The molecule has 1 N–H and O–H groups in total. The number of Topliss-reactive ketones (excluding diaryl/α,β-unsaturated/α-hetero) is 1. The fraction of sp³-hybridized carbons (Fsp3) is 0.278. The molecule has 1 aromatic carbocycles. The van der Waals surface area contributed by atoms with Crippen molar-refractivity contribution in [3.8, 4) is 0 Å². The van der Waals surface area contributed by atoms with Gasteiger partial charge in [0.15, 0.2) is 5.78 Å². The summed E-state index contributed by atoms with van der Waals surface area (Å²) in [5.74, 6) is -0.783. The molecule has 3 amide bonds. The summed E-state index contributed by atoms with van der Waals surface area (Å²) in [7, 11) is 0. The zero-order valence-corrected chi connectivity index (χ0v) is 15.9. The van der Waals surface area contributed by atoms with Crippen molar-refractivity contribution >= 4 is 52.3 Å². The van der Waals surface area contributed by atoms with Gasteiger partial charge in [0.05, 0.1) is 11.6 Å². The normalized spacial score (nSPS) is 21.8. The van der Waals surface area contributed by atoms with Gasteiger partial charge < -0.3 is 5.32 Å². The van der Waals surface area contributed by atoms with E-state index in [-0.39, 0.29) is 23.0 Å². The minimum atomic E-state index is -1.05. The fourth-order valence-corrected chi connectivity index (χ4v) is 5.14. The number of nitrogens with one attached hydrogen (secondary N) is 1. The van der Waals surface area contributed by atoms with Crippen molar-refractivity contribution in [2.24, 2.45) is 0 Å². The molecule has 1 spiro atoms. The lowest BCUT2D eigenvalue weighted by Crippen LogP contribution is -2.46. The Bertz CT molecular complexity index is 942. The van der Waals surface area contributed by atoms with E-state index in [1.807, 2.05) is 11.4 Å². The number of thiophene rings is 1. The highest BCUT2D eigenvalue weighted by molar-refractivity contribution is 7.10. The number of carbonyl (C=O) groups excluding carboxylic acids is 3. The van der Waals surface area contributed by atoms with E-state index in [2.05, 4.69) is 5.32 Å². The third-order valence-corrected chi connectivity index (χ3v) is 6.40. The molecule has 0 radical (unpaired) electrons. The largest absolute Gasteiger partial charge is 0.325 e. The van der Waals surface area contributed by atoms with Crippen LogP contribution in [0.4, 0.5) is 4.79 Å². The van der Waals surface area contributed by atoms with E-state index in [1.54, 1.807) is 17.4 Å². The predicted octanol–water partition coefficient (Wildman–Crippen LogP) is 4.02. The number of nitrogens with zero attached hydrogens (tertiary/aromatic N) is 1. The van der Waals surface area contributed by atoms with Crippen molar-refractivity contribution in [2.75, 3.05) is 6.54 Å². The van der Waals surface area contributed by atoms with Gasteiger partial charge in [-0.15, -0.1) is 11.3 Å². The maximum Gasteiger partial charge on any atom is 0.325 e. The van der Waals surface area contributed by atoms with Crippen molar-refractivity contribution in [1.82, 2.24) is 10.2 Å². The highest BCUT2D eigenvalue weighted by Crippen LogP contribution is 2.42. The number of hydrogen-bond donors (Lipinski definition) is 1. The molecule has 1 fully saturated rings. The van der Waals surface area contributed by atoms with Crippen LogP contribution in [0, 0.1) is 0 Å². The topological polar surface area (TPSA) is 66.5 Å². The number of ketones is 1. The molecule has 1 saturated heterocycles. The van der Waals surface area contributed by atoms with E-state index in [0.29, 0.717) is 11.4 Å². The van der Waals surface area contributed by atoms with Crippen molar-refractivity contribution in [2.45, 2.75) is 24.8 Å². The summed E-state index contributed by atoms with van der Waals surface area (Å²) >= 11 is 13.5. The lowest BCUT2D eigenvalue weighted by atomic mass is 9.80. The number of hydrogen-bond acceptors (Lipinski definition) is 4. The van der Waals surface area contributed by atoms with Crippen LogP contribution in [0.5, 0.6) is 0 Å². The first-order valence-electron chi connectivity index (χ1n) is 8.11. The van der Waals surface area contributed by atoms with Crippen molar-refractivity contribution in [3.05, 3.63) is 55.7 Å². The molecule has 1 aromatic heterocycles. The molecule has 0 saturated carbocycles. The average molecular weight is 409 g/mol. The minimum Gasteiger partial charge on any atom is -0.319 e. The Balaban J connectivity index is 1.62. The van der Waals surface area contributed by atoms with E-state index < -0.39 is 17.4 Å². The van der Waals surface area contributed by atoms with Gasteiger partial charge in [0.2, 0.25) is 0 Å². The van der Waals surface area contributed by atoms with Crippen LogP contribution in [0.1, 0.15) is 33.6 Å². The summed E-state index contributed by atoms with van der Waals surface area (Å²) in [5, 5.41) is 5.37. The number of carbonyl (C=O) groups is 3. The maximum absolute atomic E-state index is 13.1. The summed E-state index contributed by atoms with van der Waals surface area (Å²) < 4.78 is 0. The van der Waals surface area contributed by atoms with Gasteiger partial charge in [-0.05, 0) is 48.9 Å². The lowest BCUT2D eigenvalue weighted by Gasteiger charge is -2.31. The Kier molecular flexibility index (Phi) is 4.29. The molecular formula is C18H14Cl2N2O3S. The number of halogens is 2. The third kappa shape index (κ3) is 2.64. The molecule has 5 nitrogen and oxygen atoms in total. The first-order chi connectivity index (χ1) is 12.4. The van der Waals surface area contributed by atoms with Gasteiger partial charge in [0.1, 0.15) is 5.54 Å². The van der Waals surface area contributed by atoms with Crippen LogP contribution in [0.2, 0.25) is 10.0 Å². The van der Waals surface area contributed by atoms with Crippen LogP contribution in [-0.2, 0) is 16.8 Å². The molecule has 2 aliphatic rings.